The summed E-state index contributed by atoms with van der Waals surface area (Å²) in [5.41, 5.74) is -3.41. The van der Waals surface area contributed by atoms with Crippen LogP contribution in [0.1, 0.15) is 0 Å². The van der Waals surface area contributed by atoms with Gasteiger partial charge in [0.15, 0.2) is 17.2 Å². The topological polar surface area (TPSA) is 102 Å². The summed E-state index contributed by atoms with van der Waals surface area (Å²) < 4.78 is 86.2. The maximum absolute atomic E-state index is 13.2. The standard InChI is InChI=1S/C26H20F3N3O6S/c1-35-21-13-15(14-22(36-2)24(21)37-3)32-19-10-5-4-8-17(19)31-25(32)16-7-6-9-18-23(16)20(11-12-30-18)38-39(33,34)26(27,28)29/h4-14H,1-3H3. The molecule has 5 rings (SSSR count). The number of methoxy groups -OCH3 is 3. The number of alkyl halides is 3. The van der Waals surface area contributed by atoms with Gasteiger partial charge in [-0.05, 0) is 18.2 Å². The van der Waals surface area contributed by atoms with Gasteiger partial charge < -0.3 is 18.4 Å². The second-order valence-electron chi connectivity index (χ2n) is 8.14. The van der Waals surface area contributed by atoms with Crippen LogP contribution in [0.15, 0.2) is 66.9 Å². The number of rotatable bonds is 7. The molecular weight excluding hydrogens is 539 g/mol. The van der Waals surface area contributed by atoms with Gasteiger partial charge in [0, 0.05) is 30.0 Å². The number of pyridine rings is 1. The van der Waals surface area contributed by atoms with Crippen LogP contribution in [0.25, 0.3) is 39.0 Å². The van der Waals surface area contributed by atoms with Gasteiger partial charge in [-0.3, -0.25) is 9.55 Å². The van der Waals surface area contributed by atoms with Crippen molar-refractivity contribution >= 4 is 32.1 Å². The van der Waals surface area contributed by atoms with Crippen LogP contribution in [0.3, 0.4) is 0 Å². The molecule has 2 heterocycles. The quantitative estimate of drug-likeness (QED) is 0.191. The first-order valence-electron chi connectivity index (χ1n) is 11.3. The molecule has 0 saturated carbocycles. The molecule has 5 aromatic rings. The number of aromatic nitrogens is 3. The van der Waals surface area contributed by atoms with E-state index in [0.29, 0.717) is 34.0 Å². The maximum atomic E-state index is 13.2. The Morgan fingerprint density at radius 1 is 0.821 bits per heavy atom. The number of imidazole rings is 1. The molecule has 0 amide bonds. The molecule has 202 valence electrons. The van der Waals surface area contributed by atoms with Crippen LogP contribution in [0.2, 0.25) is 0 Å². The van der Waals surface area contributed by atoms with E-state index in [1.807, 2.05) is 6.07 Å². The fourth-order valence-electron chi connectivity index (χ4n) is 4.26. The largest absolute Gasteiger partial charge is 0.534 e. The summed E-state index contributed by atoms with van der Waals surface area (Å²) in [7, 11) is -1.55. The number of hydrogen-bond donors (Lipinski definition) is 0. The van der Waals surface area contributed by atoms with Crippen molar-refractivity contribution in [2.75, 3.05) is 21.3 Å². The van der Waals surface area contributed by atoms with E-state index >= 15 is 0 Å². The summed E-state index contributed by atoms with van der Waals surface area (Å²) in [5, 5.41) is 0.0248. The highest BCUT2D eigenvalue weighted by atomic mass is 32.2. The first kappa shape index (κ1) is 26.1. The third-order valence-corrected chi connectivity index (χ3v) is 6.89. The minimum atomic E-state index is -5.96. The number of ether oxygens (including phenoxy) is 3. The molecule has 39 heavy (non-hydrogen) atoms. The molecule has 0 atom stereocenters. The van der Waals surface area contributed by atoms with E-state index in [1.54, 1.807) is 47.0 Å². The highest BCUT2D eigenvalue weighted by Crippen LogP contribution is 2.43. The minimum absolute atomic E-state index is 0.0248. The Bertz CT molecular complexity index is 1790. The first-order valence-corrected chi connectivity index (χ1v) is 12.7. The Labute approximate surface area is 220 Å². The van der Waals surface area contributed by atoms with Crippen LogP contribution in [0, 0.1) is 0 Å². The average molecular weight is 560 g/mol. The summed E-state index contributed by atoms with van der Waals surface area (Å²) >= 11 is 0. The normalized spacial score (nSPS) is 12.1. The summed E-state index contributed by atoms with van der Waals surface area (Å²) in [6.07, 6.45) is 1.16. The van der Waals surface area contributed by atoms with Crippen molar-refractivity contribution < 1.29 is 40.0 Å². The zero-order chi connectivity index (χ0) is 27.9. The Morgan fingerprint density at radius 2 is 1.49 bits per heavy atom. The van der Waals surface area contributed by atoms with Crippen molar-refractivity contribution in [2.24, 2.45) is 0 Å². The fraction of sp³-hybridized carbons (Fsp3) is 0.154. The lowest BCUT2D eigenvalue weighted by atomic mass is 10.1. The van der Waals surface area contributed by atoms with E-state index in [2.05, 4.69) is 9.17 Å². The number of fused-ring (bicyclic) bond motifs is 2. The maximum Gasteiger partial charge on any atom is 0.534 e. The Hall–Kier alpha value is -4.52. The predicted octanol–water partition coefficient (Wildman–Crippen LogP) is 5.49. The van der Waals surface area contributed by atoms with Gasteiger partial charge in [0.2, 0.25) is 5.75 Å². The smallest absolute Gasteiger partial charge is 0.493 e. The first-order chi connectivity index (χ1) is 18.6. The minimum Gasteiger partial charge on any atom is -0.493 e. The van der Waals surface area contributed by atoms with Gasteiger partial charge in [-0.1, -0.05) is 24.3 Å². The molecule has 0 radical (unpaired) electrons. The Balaban J connectivity index is 1.84. The van der Waals surface area contributed by atoms with Crippen LogP contribution in [0.4, 0.5) is 13.2 Å². The van der Waals surface area contributed by atoms with Crippen LogP contribution in [0.5, 0.6) is 23.0 Å². The second-order valence-corrected chi connectivity index (χ2v) is 9.67. The van der Waals surface area contributed by atoms with Gasteiger partial charge in [0.25, 0.3) is 0 Å². The van der Waals surface area contributed by atoms with E-state index in [0.717, 1.165) is 12.3 Å². The van der Waals surface area contributed by atoms with Gasteiger partial charge >= 0.3 is 15.6 Å². The molecule has 13 heteroatoms. The van der Waals surface area contributed by atoms with Gasteiger partial charge in [-0.2, -0.15) is 21.6 Å². The summed E-state index contributed by atoms with van der Waals surface area (Å²) in [4.78, 5) is 8.95. The fourth-order valence-corrected chi connectivity index (χ4v) is 4.73. The SMILES string of the molecule is COc1cc(-n2c(-c3cccc4nccc(OS(=O)(=O)C(F)(F)F)c34)nc3ccccc32)cc(OC)c1OC. The van der Waals surface area contributed by atoms with Crippen molar-refractivity contribution in [3.63, 3.8) is 0 Å². The van der Waals surface area contributed by atoms with E-state index in [9.17, 15) is 21.6 Å². The molecular formula is C26H20F3N3O6S. The van der Waals surface area contributed by atoms with Crippen molar-refractivity contribution in [2.45, 2.75) is 5.51 Å². The third-order valence-electron chi connectivity index (χ3n) is 5.92. The predicted molar refractivity (Wildman–Crippen MR) is 137 cm³/mol. The van der Waals surface area contributed by atoms with Crippen molar-refractivity contribution in [3.05, 3.63) is 66.9 Å². The number of halogens is 3. The highest BCUT2D eigenvalue weighted by molar-refractivity contribution is 7.88. The molecule has 0 aliphatic rings. The molecule has 0 N–H and O–H groups in total. The Kier molecular flexibility index (Phi) is 6.46. The van der Waals surface area contributed by atoms with Crippen LogP contribution >= 0.6 is 0 Å². The third kappa shape index (κ3) is 4.44. The van der Waals surface area contributed by atoms with Crippen molar-refractivity contribution in [3.8, 4) is 40.1 Å². The highest BCUT2D eigenvalue weighted by Gasteiger charge is 2.48. The average Bonchev–Trinajstić information content (AvgIpc) is 3.30. The van der Waals surface area contributed by atoms with E-state index in [1.165, 1.54) is 27.4 Å². The van der Waals surface area contributed by atoms with E-state index in [-0.39, 0.29) is 22.3 Å². The van der Waals surface area contributed by atoms with Crippen molar-refractivity contribution in [1.82, 2.24) is 14.5 Å². The Morgan fingerprint density at radius 3 is 2.13 bits per heavy atom. The zero-order valence-corrected chi connectivity index (χ0v) is 21.5. The van der Waals surface area contributed by atoms with Crippen LogP contribution in [-0.4, -0.2) is 49.8 Å². The molecule has 0 unspecified atom stereocenters. The summed E-state index contributed by atoms with van der Waals surface area (Å²) in [6.45, 7) is 0. The number of hydrogen-bond acceptors (Lipinski definition) is 8. The molecule has 0 saturated heterocycles. The van der Waals surface area contributed by atoms with Gasteiger partial charge in [-0.25, -0.2) is 4.98 Å². The lowest BCUT2D eigenvalue weighted by Crippen LogP contribution is -2.28. The lowest BCUT2D eigenvalue weighted by Gasteiger charge is -2.17. The van der Waals surface area contributed by atoms with Crippen molar-refractivity contribution in [1.29, 1.82) is 0 Å². The summed E-state index contributed by atoms with van der Waals surface area (Å²) in [6, 6.07) is 16.3. The molecule has 2 aromatic heterocycles. The number of para-hydroxylation sites is 2. The molecule has 9 nitrogen and oxygen atoms in total. The molecule has 0 bridgehead atoms. The van der Waals surface area contributed by atoms with Crippen LogP contribution < -0.4 is 18.4 Å². The molecule has 3 aromatic carbocycles. The van der Waals surface area contributed by atoms with Gasteiger partial charge in [0.1, 0.15) is 5.82 Å². The van der Waals surface area contributed by atoms with Gasteiger partial charge in [0.05, 0.1) is 49.0 Å². The molecule has 0 spiro atoms. The number of nitrogens with zero attached hydrogens (tertiary/aromatic N) is 3. The number of benzene rings is 3. The molecule has 0 fully saturated rings. The van der Waals surface area contributed by atoms with E-state index in [4.69, 9.17) is 19.2 Å². The zero-order valence-electron chi connectivity index (χ0n) is 20.7. The summed E-state index contributed by atoms with van der Waals surface area (Å²) in [5.74, 6) is 0.804. The monoisotopic (exact) mass is 559 g/mol. The lowest BCUT2D eigenvalue weighted by molar-refractivity contribution is -0.0499. The molecule has 0 aliphatic heterocycles. The second kappa shape index (κ2) is 9.66. The molecule has 0 aliphatic carbocycles. The van der Waals surface area contributed by atoms with Crippen LogP contribution in [-0.2, 0) is 10.1 Å². The van der Waals surface area contributed by atoms with E-state index < -0.39 is 21.4 Å². The van der Waals surface area contributed by atoms with Gasteiger partial charge in [-0.15, -0.1) is 0 Å².